The van der Waals surface area contributed by atoms with Gasteiger partial charge in [-0.1, -0.05) is 12.1 Å². The number of anilines is 4. The summed E-state index contributed by atoms with van der Waals surface area (Å²) in [5.74, 6) is 0.224. The molecule has 1 heterocycles. The molecular formula is C23H26F3N4O3P. The molecule has 7 nitrogen and oxygen atoms in total. The highest BCUT2D eigenvalue weighted by Crippen LogP contribution is 2.39. The van der Waals surface area contributed by atoms with E-state index in [-0.39, 0.29) is 12.1 Å². The molecule has 0 saturated carbocycles. The summed E-state index contributed by atoms with van der Waals surface area (Å²) in [5, 5.41) is 6.21. The fourth-order valence-corrected chi connectivity index (χ4v) is 3.90. The Morgan fingerprint density at radius 2 is 1.68 bits per heavy atom. The minimum Gasteiger partial charge on any atom is -0.495 e. The highest BCUT2D eigenvalue weighted by atomic mass is 31.2. The summed E-state index contributed by atoms with van der Waals surface area (Å²) in [6, 6.07) is 11.6. The molecule has 2 N–H and O–H groups in total. The van der Waals surface area contributed by atoms with Gasteiger partial charge in [0.05, 0.1) is 24.6 Å². The summed E-state index contributed by atoms with van der Waals surface area (Å²) >= 11 is 0. The van der Waals surface area contributed by atoms with Crippen LogP contribution >= 0.6 is 7.14 Å². The van der Waals surface area contributed by atoms with Crippen molar-refractivity contribution in [1.82, 2.24) is 9.97 Å². The average molecular weight is 494 g/mol. The van der Waals surface area contributed by atoms with E-state index in [0.717, 1.165) is 0 Å². The van der Waals surface area contributed by atoms with Crippen molar-refractivity contribution in [2.75, 3.05) is 31.1 Å². The molecule has 0 atom stereocenters. The number of methoxy groups -OCH3 is 1. The number of nitrogens with zero attached hydrogens (tertiary/aromatic N) is 2. The molecule has 1 aromatic heterocycles. The van der Waals surface area contributed by atoms with E-state index >= 15 is 0 Å². The van der Waals surface area contributed by atoms with Crippen molar-refractivity contribution < 1.29 is 27.2 Å². The molecule has 0 aliphatic heterocycles. The van der Waals surface area contributed by atoms with Crippen molar-refractivity contribution in [3.63, 3.8) is 0 Å². The molecule has 0 spiro atoms. The van der Waals surface area contributed by atoms with Crippen molar-refractivity contribution in [3.05, 3.63) is 54.2 Å². The summed E-state index contributed by atoms with van der Waals surface area (Å²) in [6.07, 6.45) is -4.15. The van der Waals surface area contributed by atoms with Crippen LogP contribution in [-0.2, 0) is 10.7 Å². The lowest BCUT2D eigenvalue weighted by Gasteiger charge is -2.18. The monoisotopic (exact) mass is 494 g/mol. The van der Waals surface area contributed by atoms with Gasteiger partial charge < -0.3 is 24.7 Å². The van der Waals surface area contributed by atoms with Gasteiger partial charge in [0.25, 0.3) is 0 Å². The minimum atomic E-state index is -4.68. The quantitative estimate of drug-likeness (QED) is 0.370. The number of halogens is 3. The molecule has 2 aromatic carbocycles. The number of alkyl halides is 3. The maximum Gasteiger partial charge on any atom is 0.421 e. The topological polar surface area (TPSA) is 85.4 Å². The molecule has 0 amide bonds. The fraction of sp³-hybridized carbons (Fsp3) is 0.304. The van der Waals surface area contributed by atoms with E-state index in [2.05, 4.69) is 20.6 Å². The van der Waals surface area contributed by atoms with E-state index in [4.69, 9.17) is 9.47 Å². The molecule has 0 saturated heterocycles. The number of rotatable bonds is 8. The third-order valence-corrected chi connectivity index (χ3v) is 6.17. The highest BCUT2D eigenvalue weighted by molar-refractivity contribution is 7.70. The summed E-state index contributed by atoms with van der Waals surface area (Å²) in [7, 11) is -1.10. The SMILES string of the molecule is COc1cc(P(C)(C)=O)ccc1Nc1ncc(C(F)(F)F)c(Nc2ccccc2OC(C)C)n1. The van der Waals surface area contributed by atoms with E-state index in [1.54, 1.807) is 55.8 Å². The molecule has 34 heavy (non-hydrogen) atoms. The Hall–Kier alpha value is -3.26. The zero-order chi connectivity index (χ0) is 25.1. The molecule has 0 unspecified atom stereocenters. The number of hydrogen-bond acceptors (Lipinski definition) is 7. The van der Waals surface area contributed by atoms with Gasteiger partial charge in [-0.3, -0.25) is 0 Å². The Labute approximate surface area is 196 Å². The van der Waals surface area contributed by atoms with Crippen molar-refractivity contribution in [3.8, 4) is 11.5 Å². The van der Waals surface area contributed by atoms with Gasteiger partial charge in [0.15, 0.2) is 0 Å². The van der Waals surface area contributed by atoms with Gasteiger partial charge in [0.1, 0.15) is 30.0 Å². The maximum atomic E-state index is 13.7. The van der Waals surface area contributed by atoms with E-state index in [9.17, 15) is 17.7 Å². The summed E-state index contributed by atoms with van der Waals surface area (Å²) in [5.41, 5.74) is -0.290. The van der Waals surface area contributed by atoms with Crippen LogP contribution in [0.5, 0.6) is 11.5 Å². The first-order valence-corrected chi connectivity index (χ1v) is 13.0. The van der Waals surface area contributed by atoms with Crippen LogP contribution in [0.3, 0.4) is 0 Å². The van der Waals surface area contributed by atoms with Gasteiger partial charge in [-0.05, 0) is 57.5 Å². The first-order chi connectivity index (χ1) is 15.9. The minimum absolute atomic E-state index is 0.0833. The van der Waals surface area contributed by atoms with Crippen LogP contribution in [0.2, 0.25) is 0 Å². The zero-order valence-electron chi connectivity index (χ0n) is 19.4. The Balaban J connectivity index is 2.00. The second-order valence-electron chi connectivity index (χ2n) is 8.10. The van der Waals surface area contributed by atoms with E-state index in [0.29, 0.717) is 34.4 Å². The van der Waals surface area contributed by atoms with Crippen LogP contribution in [0, 0.1) is 0 Å². The average Bonchev–Trinajstić information content (AvgIpc) is 2.73. The Kier molecular flexibility index (Phi) is 7.41. The summed E-state index contributed by atoms with van der Waals surface area (Å²) in [6.45, 7) is 6.90. The van der Waals surface area contributed by atoms with Crippen LogP contribution < -0.4 is 25.4 Å². The molecular weight excluding hydrogens is 468 g/mol. The van der Waals surface area contributed by atoms with Crippen molar-refractivity contribution >= 4 is 35.6 Å². The second-order valence-corrected chi connectivity index (χ2v) is 11.3. The number of aromatic nitrogens is 2. The highest BCUT2D eigenvalue weighted by Gasteiger charge is 2.35. The number of hydrogen-bond donors (Lipinski definition) is 2. The number of ether oxygens (including phenoxy) is 2. The van der Waals surface area contributed by atoms with E-state index < -0.39 is 24.7 Å². The van der Waals surface area contributed by atoms with Gasteiger partial charge in [0.2, 0.25) is 5.95 Å². The first kappa shape index (κ1) is 25.4. The Bertz CT molecular complexity index is 1210. The van der Waals surface area contributed by atoms with Crippen LogP contribution in [0.25, 0.3) is 0 Å². The lowest BCUT2D eigenvalue weighted by atomic mass is 10.2. The smallest absolute Gasteiger partial charge is 0.421 e. The number of para-hydroxylation sites is 2. The third kappa shape index (κ3) is 6.20. The summed E-state index contributed by atoms with van der Waals surface area (Å²) < 4.78 is 64.5. The molecule has 0 bridgehead atoms. The fourth-order valence-electron chi connectivity index (χ4n) is 3.04. The number of nitrogens with one attached hydrogen (secondary N) is 2. The van der Waals surface area contributed by atoms with Crippen molar-refractivity contribution in [2.24, 2.45) is 0 Å². The summed E-state index contributed by atoms with van der Waals surface area (Å²) in [4.78, 5) is 7.91. The molecule has 0 aliphatic carbocycles. The van der Waals surface area contributed by atoms with Crippen LogP contribution in [0.1, 0.15) is 19.4 Å². The van der Waals surface area contributed by atoms with Crippen LogP contribution in [-0.4, -0.2) is 36.5 Å². The third-order valence-electron chi connectivity index (χ3n) is 4.65. The molecule has 0 aliphatic rings. The standard InChI is InChI=1S/C23H26F3N4O3P/c1-14(2)33-19-9-7-6-8-17(19)28-21-16(23(24,25)26)13-27-22(30-21)29-18-11-10-15(34(4,5)31)12-20(18)32-3/h6-14H,1-5H3,(H2,27,28,29,30). The van der Waals surface area contributed by atoms with Crippen LogP contribution in [0.15, 0.2) is 48.7 Å². The van der Waals surface area contributed by atoms with Crippen molar-refractivity contribution in [1.29, 1.82) is 0 Å². The predicted molar refractivity (Wildman–Crippen MR) is 128 cm³/mol. The normalized spacial score (nSPS) is 11.9. The Morgan fingerprint density at radius 3 is 2.29 bits per heavy atom. The zero-order valence-corrected chi connectivity index (χ0v) is 20.3. The molecule has 0 radical (unpaired) electrons. The number of benzene rings is 2. The molecule has 11 heteroatoms. The molecule has 3 aromatic rings. The van der Waals surface area contributed by atoms with Crippen molar-refractivity contribution in [2.45, 2.75) is 26.1 Å². The largest absolute Gasteiger partial charge is 0.495 e. The van der Waals surface area contributed by atoms with Gasteiger partial charge >= 0.3 is 6.18 Å². The lowest BCUT2D eigenvalue weighted by Crippen LogP contribution is -2.14. The predicted octanol–water partition coefficient (Wildman–Crippen LogP) is 6.03. The lowest BCUT2D eigenvalue weighted by molar-refractivity contribution is -0.137. The van der Waals surface area contributed by atoms with Gasteiger partial charge in [-0.15, -0.1) is 0 Å². The second kappa shape index (κ2) is 9.93. The molecule has 3 rings (SSSR count). The van der Waals surface area contributed by atoms with E-state index in [1.165, 1.54) is 7.11 Å². The van der Waals surface area contributed by atoms with Gasteiger partial charge in [-0.25, -0.2) is 4.98 Å². The Morgan fingerprint density at radius 1 is 1.00 bits per heavy atom. The molecule has 0 fully saturated rings. The first-order valence-electron chi connectivity index (χ1n) is 10.4. The van der Waals surface area contributed by atoms with Gasteiger partial charge in [0, 0.05) is 11.5 Å². The van der Waals surface area contributed by atoms with Gasteiger partial charge in [-0.2, -0.15) is 18.2 Å². The van der Waals surface area contributed by atoms with Crippen LogP contribution in [0.4, 0.5) is 36.3 Å². The maximum absolute atomic E-state index is 13.7. The van der Waals surface area contributed by atoms with E-state index in [1.807, 2.05) is 13.8 Å². The molecule has 182 valence electrons.